The molecular formula is C16H19N5O. The van der Waals surface area contributed by atoms with Crippen molar-refractivity contribution >= 4 is 0 Å². The molecule has 3 aromatic rings. The minimum atomic E-state index is 0.287. The molecule has 0 aliphatic carbocycles. The van der Waals surface area contributed by atoms with Gasteiger partial charge < -0.3 is 10.3 Å². The maximum atomic E-state index is 5.61. The number of benzene rings is 1. The zero-order valence-electron chi connectivity index (χ0n) is 12.9. The molecular weight excluding hydrogens is 278 g/mol. The summed E-state index contributed by atoms with van der Waals surface area (Å²) in [4.78, 5) is 4.50. The molecule has 0 radical (unpaired) electrons. The van der Waals surface area contributed by atoms with Crippen LogP contribution in [0.1, 0.15) is 31.0 Å². The molecule has 0 aliphatic rings. The topological polar surface area (TPSA) is 82.8 Å². The maximum Gasteiger partial charge on any atom is 0.261 e. The third-order valence-corrected chi connectivity index (χ3v) is 3.51. The van der Waals surface area contributed by atoms with Crippen LogP contribution >= 0.6 is 0 Å². The third-order valence-electron chi connectivity index (χ3n) is 3.51. The van der Waals surface area contributed by atoms with Gasteiger partial charge in [0.2, 0.25) is 5.82 Å². The Kier molecular flexibility index (Phi) is 3.77. The summed E-state index contributed by atoms with van der Waals surface area (Å²) >= 11 is 0. The number of hydrogen-bond acceptors (Lipinski definition) is 5. The third kappa shape index (κ3) is 2.65. The Bertz CT molecular complexity index is 770. The lowest BCUT2D eigenvalue weighted by Gasteiger charge is -2.00. The first-order chi connectivity index (χ1) is 10.6. The lowest BCUT2D eigenvalue weighted by molar-refractivity contribution is 0.431. The molecule has 2 aromatic heterocycles. The summed E-state index contributed by atoms with van der Waals surface area (Å²) in [5, 5.41) is 8.54. The molecule has 114 valence electrons. The van der Waals surface area contributed by atoms with Gasteiger partial charge in [0.15, 0.2) is 0 Å². The standard InChI is InChI=1S/C16H19N5O/c1-10(2)14-13(9-21(3)19-14)16-18-15(20-22-16)12-6-4-11(8-17)5-7-12/h4-7,9-10H,8,17H2,1-3H3. The van der Waals surface area contributed by atoms with Gasteiger partial charge in [-0.15, -0.1) is 0 Å². The molecule has 0 saturated heterocycles. The lowest BCUT2D eigenvalue weighted by Crippen LogP contribution is -1.95. The molecule has 0 spiro atoms. The number of hydrogen-bond donors (Lipinski definition) is 1. The zero-order chi connectivity index (χ0) is 15.7. The number of nitrogens with two attached hydrogens (primary N) is 1. The highest BCUT2D eigenvalue weighted by molar-refractivity contribution is 5.61. The van der Waals surface area contributed by atoms with E-state index in [2.05, 4.69) is 29.1 Å². The number of nitrogens with zero attached hydrogens (tertiary/aromatic N) is 4. The van der Waals surface area contributed by atoms with Gasteiger partial charge in [-0.2, -0.15) is 10.1 Å². The molecule has 0 amide bonds. The summed E-state index contributed by atoms with van der Waals surface area (Å²) in [7, 11) is 1.89. The van der Waals surface area contributed by atoms with Gasteiger partial charge >= 0.3 is 0 Å². The SMILES string of the molecule is CC(C)c1nn(C)cc1-c1nc(-c2ccc(CN)cc2)no1. The van der Waals surface area contributed by atoms with Crippen LogP contribution in [0, 0.1) is 0 Å². The molecule has 2 heterocycles. The largest absolute Gasteiger partial charge is 0.333 e. The van der Waals surface area contributed by atoms with Crippen LogP contribution in [0.25, 0.3) is 22.8 Å². The summed E-state index contributed by atoms with van der Waals surface area (Å²) in [6.07, 6.45) is 1.91. The minimum absolute atomic E-state index is 0.287. The van der Waals surface area contributed by atoms with Crippen molar-refractivity contribution in [1.29, 1.82) is 0 Å². The summed E-state index contributed by atoms with van der Waals surface area (Å²) < 4.78 is 7.20. The van der Waals surface area contributed by atoms with E-state index in [-0.39, 0.29) is 5.92 Å². The predicted molar refractivity (Wildman–Crippen MR) is 83.9 cm³/mol. The first-order valence-electron chi connectivity index (χ1n) is 7.25. The van der Waals surface area contributed by atoms with E-state index in [1.54, 1.807) is 4.68 Å². The molecule has 6 heteroatoms. The average molecular weight is 297 g/mol. The Labute approximate surface area is 129 Å². The second-order valence-corrected chi connectivity index (χ2v) is 5.58. The van der Waals surface area contributed by atoms with Gasteiger partial charge in [-0.3, -0.25) is 4.68 Å². The van der Waals surface area contributed by atoms with Crippen molar-refractivity contribution in [2.45, 2.75) is 26.3 Å². The van der Waals surface area contributed by atoms with E-state index in [0.717, 1.165) is 22.4 Å². The second-order valence-electron chi connectivity index (χ2n) is 5.58. The maximum absolute atomic E-state index is 5.61. The summed E-state index contributed by atoms with van der Waals surface area (Å²) in [6.45, 7) is 4.70. The molecule has 0 bridgehead atoms. The Balaban J connectivity index is 1.96. The van der Waals surface area contributed by atoms with Crippen molar-refractivity contribution < 1.29 is 4.52 Å². The van der Waals surface area contributed by atoms with E-state index < -0.39 is 0 Å². The molecule has 22 heavy (non-hydrogen) atoms. The second kappa shape index (κ2) is 5.73. The predicted octanol–water partition coefficient (Wildman–Crippen LogP) is 2.72. The van der Waals surface area contributed by atoms with E-state index in [9.17, 15) is 0 Å². The lowest BCUT2D eigenvalue weighted by atomic mass is 10.1. The molecule has 0 atom stereocenters. The van der Waals surface area contributed by atoms with Gasteiger partial charge in [-0.25, -0.2) is 0 Å². The molecule has 6 nitrogen and oxygen atoms in total. The number of aryl methyl sites for hydroxylation is 1. The Morgan fingerprint density at radius 3 is 2.59 bits per heavy atom. The smallest absolute Gasteiger partial charge is 0.261 e. The van der Waals surface area contributed by atoms with Crippen LogP contribution in [0.3, 0.4) is 0 Å². The molecule has 2 N–H and O–H groups in total. The first-order valence-corrected chi connectivity index (χ1v) is 7.25. The van der Waals surface area contributed by atoms with Crippen molar-refractivity contribution in [2.75, 3.05) is 0 Å². The van der Waals surface area contributed by atoms with Crippen LogP contribution < -0.4 is 5.73 Å². The van der Waals surface area contributed by atoms with Gasteiger partial charge in [0.25, 0.3) is 5.89 Å². The van der Waals surface area contributed by atoms with Crippen LogP contribution in [-0.2, 0) is 13.6 Å². The normalized spacial score (nSPS) is 11.3. The summed E-state index contributed by atoms with van der Waals surface area (Å²) in [6, 6.07) is 7.83. The van der Waals surface area contributed by atoms with Gasteiger partial charge in [-0.05, 0) is 11.5 Å². The molecule has 1 aromatic carbocycles. The highest BCUT2D eigenvalue weighted by atomic mass is 16.5. The van der Waals surface area contributed by atoms with E-state index >= 15 is 0 Å². The first kappa shape index (κ1) is 14.5. The van der Waals surface area contributed by atoms with Crippen molar-refractivity contribution in [1.82, 2.24) is 19.9 Å². The van der Waals surface area contributed by atoms with Gasteiger partial charge in [0.1, 0.15) is 0 Å². The van der Waals surface area contributed by atoms with Gasteiger partial charge in [0.05, 0.1) is 11.3 Å². The van der Waals surface area contributed by atoms with Crippen LogP contribution in [0.15, 0.2) is 35.0 Å². The fourth-order valence-electron chi connectivity index (χ4n) is 2.34. The van der Waals surface area contributed by atoms with Gasteiger partial charge in [-0.1, -0.05) is 43.3 Å². The quantitative estimate of drug-likeness (QED) is 0.800. The van der Waals surface area contributed by atoms with Crippen molar-refractivity contribution in [3.63, 3.8) is 0 Å². The molecule has 0 unspecified atom stereocenters. The van der Waals surface area contributed by atoms with Crippen LogP contribution in [0.5, 0.6) is 0 Å². The van der Waals surface area contributed by atoms with Crippen LogP contribution in [0.4, 0.5) is 0 Å². The molecule has 3 rings (SSSR count). The van der Waals surface area contributed by atoms with Crippen molar-refractivity contribution in [3.05, 3.63) is 41.7 Å². The summed E-state index contributed by atoms with van der Waals surface area (Å²) in [5.74, 6) is 1.35. The van der Waals surface area contributed by atoms with Gasteiger partial charge in [0, 0.05) is 25.4 Å². The monoisotopic (exact) mass is 297 g/mol. The Morgan fingerprint density at radius 1 is 1.23 bits per heavy atom. The molecule has 0 saturated carbocycles. The fourth-order valence-corrected chi connectivity index (χ4v) is 2.34. The van der Waals surface area contributed by atoms with E-state index in [1.807, 2.05) is 37.5 Å². The minimum Gasteiger partial charge on any atom is -0.333 e. The summed E-state index contributed by atoms with van der Waals surface area (Å²) in [5.41, 5.74) is 9.42. The fraction of sp³-hybridized carbons (Fsp3) is 0.312. The highest BCUT2D eigenvalue weighted by Gasteiger charge is 2.19. The zero-order valence-corrected chi connectivity index (χ0v) is 12.9. The average Bonchev–Trinajstić information content (AvgIpc) is 3.13. The van der Waals surface area contributed by atoms with E-state index in [4.69, 9.17) is 10.3 Å². The van der Waals surface area contributed by atoms with E-state index in [1.165, 1.54) is 0 Å². The molecule has 0 fully saturated rings. The van der Waals surface area contributed by atoms with Crippen molar-refractivity contribution in [3.8, 4) is 22.8 Å². The molecule has 0 aliphatic heterocycles. The van der Waals surface area contributed by atoms with Crippen molar-refractivity contribution in [2.24, 2.45) is 12.8 Å². The number of aromatic nitrogens is 4. The Hall–Kier alpha value is -2.47. The Morgan fingerprint density at radius 2 is 1.95 bits per heavy atom. The number of rotatable bonds is 4. The van der Waals surface area contributed by atoms with Crippen LogP contribution in [0.2, 0.25) is 0 Å². The van der Waals surface area contributed by atoms with E-state index in [0.29, 0.717) is 18.3 Å². The highest BCUT2D eigenvalue weighted by Crippen LogP contribution is 2.28. The van der Waals surface area contributed by atoms with Crippen LogP contribution in [-0.4, -0.2) is 19.9 Å².